The lowest BCUT2D eigenvalue weighted by atomic mass is 9.81. The van der Waals surface area contributed by atoms with Crippen LogP contribution < -0.4 is 4.90 Å². The fourth-order valence-corrected chi connectivity index (χ4v) is 4.47. The van der Waals surface area contributed by atoms with Crippen molar-refractivity contribution >= 4 is 17.5 Å². The van der Waals surface area contributed by atoms with Gasteiger partial charge in [0.05, 0.1) is 18.6 Å². The zero-order valence-corrected chi connectivity index (χ0v) is 20.9. The number of carbonyl (C=O) groups excluding carboxylic acids is 2. The van der Waals surface area contributed by atoms with E-state index in [0.717, 1.165) is 16.8 Å². The number of rotatable bonds is 4. The van der Waals surface area contributed by atoms with Crippen molar-refractivity contribution in [2.75, 3.05) is 25.1 Å². The largest absolute Gasteiger partial charge is 0.378 e. The summed E-state index contributed by atoms with van der Waals surface area (Å²) < 4.78 is 5.34. The third-order valence-corrected chi connectivity index (χ3v) is 6.86. The number of amides is 2. The molecule has 0 N–H and O–H groups in total. The third-order valence-electron chi connectivity index (χ3n) is 6.86. The Morgan fingerprint density at radius 3 is 2.18 bits per heavy atom. The average molecular weight is 449 g/mol. The van der Waals surface area contributed by atoms with E-state index in [-0.39, 0.29) is 34.8 Å². The summed E-state index contributed by atoms with van der Waals surface area (Å²) >= 11 is 0. The minimum Gasteiger partial charge on any atom is -0.378 e. The van der Waals surface area contributed by atoms with Crippen LogP contribution in [0.3, 0.4) is 0 Å². The molecule has 5 nitrogen and oxygen atoms in total. The first-order chi connectivity index (χ1) is 15.4. The first-order valence-corrected chi connectivity index (χ1v) is 11.8. The number of hydrogen-bond acceptors (Lipinski definition) is 3. The van der Waals surface area contributed by atoms with Crippen LogP contribution in [0.25, 0.3) is 0 Å². The van der Waals surface area contributed by atoms with Gasteiger partial charge < -0.3 is 14.5 Å². The lowest BCUT2D eigenvalue weighted by Crippen LogP contribution is -2.54. The van der Waals surface area contributed by atoms with E-state index < -0.39 is 0 Å². The van der Waals surface area contributed by atoms with Gasteiger partial charge in [0.2, 0.25) is 5.91 Å². The van der Waals surface area contributed by atoms with E-state index in [1.807, 2.05) is 34.1 Å². The van der Waals surface area contributed by atoms with Crippen molar-refractivity contribution in [2.45, 2.75) is 70.9 Å². The molecule has 176 valence electrons. The quantitative estimate of drug-likeness (QED) is 0.602. The maximum absolute atomic E-state index is 13.2. The number of carbonyl (C=O) groups is 2. The topological polar surface area (TPSA) is 49.9 Å². The molecule has 5 heteroatoms. The summed E-state index contributed by atoms with van der Waals surface area (Å²) in [6.07, 6.45) is 0.574. The molecule has 2 heterocycles. The monoisotopic (exact) mass is 448 g/mol. The van der Waals surface area contributed by atoms with Crippen LogP contribution in [0.5, 0.6) is 0 Å². The van der Waals surface area contributed by atoms with Gasteiger partial charge in [-0.1, -0.05) is 59.7 Å². The molecule has 1 atom stereocenters. The van der Waals surface area contributed by atoms with E-state index in [0.29, 0.717) is 25.1 Å². The maximum atomic E-state index is 13.2. The predicted octanol–water partition coefficient (Wildman–Crippen LogP) is 5.23. The van der Waals surface area contributed by atoms with Gasteiger partial charge in [-0.3, -0.25) is 9.59 Å². The highest BCUT2D eigenvalue weighted by molar-refractivity contribution is 6.01. The molecule has 0 aromatic heterocycles. The Balaban J connectivity index is 1.69. The minimum absolute atomic E-state index is 0.00242. The van der Waals surface area contributed by atoms with Crippen molar-refractivity contribution in [3.63, 3.8) is 0 Å². The Bertz CT molecular complexity index is 1070. The van der Waals surface area contributed by atoms with Crippen LogP contribution in [-0.4, -0.2) is 43.0 Å². The number of hydrogen-bond donors (Lipinski definition) is 0. The van der Waals surface area contributed by atoms with Gasteiger partial charge in [-0.05, 0) is 51.8 Å². The molecule has 33 heavy (non-hydrogen) atoms. The van der Waals surface area contributed by atoms with Crippen LogP contribution in [0.15, 0.2) is 42.5 Å². The van der Waals surface area contributed by atoms with Crippen LogP contribution in [0.2, 0.25) is 0 Å². The molecule has 2 saturated heterocycles. The zero-order chi connectivity index (χ0) is 24.1. The van der Waals surface area contributed by atoms with E-state index in [4.69, 9.17) is 4.74 Å². The van der Waals surface area contributed by atoms with Crippen molar-refractivity contribution in [1.82, 2.24) is 4.90 Å². The molecule has 2 aromatic carbocycles. The molecule has 2 aromatic rings. The smallest absolute Gasteiger partial charge is 0.254 e. The number of nitrogens with zero attached hydrogens (tertiary/aromatic N) is 2. The van der Waals surface area contributed by atoms with Gasteiger partial charge in [0.25, 0.3) is 5.91 Å². The lowest BCUT2D eigenvalue weighted by molar-refractivity contribution is -0.124. The summed E-state index contributed by atoms with van der Waals surface area (Å²) in [6.45, 7) is 14.2. The number of β-lactam (4-membered cyclic amide) rings is 1. The van der Waals surface area contributed by atoms with Crippen molar-refractivity contribution in [1.29, 1.82) is 0 Å². The lowest BCUT2D eigenvalue weighted by Gasteiger charge is -2.42. The van der Waals surface area contributed by atoms with E-state index >= 15 is 0 Å². The molecule has 0 aliphatic carbocycles. The number of benzene rings is 2. The summed E-state index contributed by atoms with van der Waals surface area (Å²) in [6, 6.07) is 14.4. The fourth-order valence-electron chi connectivity index (χ4n) is 4.47. The van der Waals surface area contributed by atoms with Gasteiger partial charge in [0.1, 0.15) is 0 Å². The van der Waals surface area contributed by atoms with Gasteiger partial charge in [-0.25, -0.2) is 0 Å². The van der Waals surface area contributed by atoms with Gasteiger partial charge in [-0.15, -0.1) is 0 Å². The zero-order valence-electron chi connectivity index (χ0n) is 20.9. The molecule has 2 amide bonds. The van der Waals surface area contributed by atoms with Crippen LogP contribution in [0, 0.1) is 0 Å². The van der Waals surface area contributed by atoms with Crippen molar-refractivity contribution in [3.05, 3.63) is 64.7 Å². The van der Waals surface area contributed by atoms with Crippen LogP contribution >= 0.6 is 0 Å². The summed E-state index contributed by atoms with van der Waals surface area (Å²) in [5, 5.41) is 0. The second-order valence-corrected chi connectivity index (χ2v) is 11.4. The van der Waals surface area contributed by atoms with Gasteiger partial charge in [0, 0.05) is 31.5 Å². The normalized spacial score (nSPS) is 19.4. The average Bonchev–Trinajstić information content (AvgIpc) is 2.69. The van der Waals surface area contributed by atoms with E-state index in [2.05, 4.69) is 59.7 Å². The van der Waals surface area contributed by atoms with E-state index in [1.54, 1.807) is 7.11 Å². The van der Waals surface area contributed by atoms with E-state index in [9.17, 15) is 9.59 Å². The highest BCUT2D eigenvalue weighted by atomic mass is 16.5. The Kier molecular flexibility index (Phi) is 5.90. The highest BCUT2D eigenvalue weighted by Crippen LogP contribution is 2.41. The van der Waals surface area contributed by atoms with Crippen molar-refractivity contribution in [3.8, 4) is 0 Å². The van der Waals surface area contributed by atoms with Gasteiger partial charge in [-0.2, -0.15) is 0 Å². The summed E-state index contributed by atoms with van der Waals surface area (Å²) in [4.78, 5) is 29.7. The summed E-state index contributed by atoms with van der Waals surface area (Å²) in [7, 11) is 1.68. The van der Waals surface area contributed by atoms with Crippen LogP contribution in [0.1, 0.15) is 81.1 Å². The van der Waals surface area contributed by atoms with Crippen LogP contribution in [0.4, 0.5) is 5.69 Å². The molecule has 2 aliphatic heterocycles. The molecule has 0 radical (unpaired) electrons. The van der Waals surface area contributed by atoms with Gasteiger partial charge in [0.15, 0.2) is 0 Å². The Morgan fingerprint density at radius 1 is 0.939 bits per heavy atom. The summed E-state index contributed by atoms with van der Waals surface area (Å²) in [5.41, 5.74) is 4.83. The van der Waals surface area contributed by atoms with Crippen LogP contribution in [-0.2, 0) is 20.4 Å². The standard InChI is InChI=1S/C28H36N2O3/c1-27(2,3)20-9-8-10-22(14-20)30-24(15-25(30)31)18-11-19(13-21(12-18)28(4,5)6)26(32)29-16-23(17-29)33-7/h8-14,23-24H,15-17H2,1-7H3. The SMILES string of the molecule is COC1CN(C(=O)c2cc(C3CC(=O)N3c3cccc(C(C)(C)C)c3)cc(C(C)(C)C)c2)C1. The molecule has 1 unspecified atom stereocenters. The number of anilines is 1. The Morgan fingerprint density at radius 2 is 1.61 bits per heavy atom. The number of ether oxygens (including phenoxy) is 1. The molecule has 4 rings (SSSR count). The molecule has 2 aliphatic rings. The molecular formula is C28H36N2O3. The molecule has 0 spiro atoms. The first-order valence-electron chi connectivity index (χ1n) is 11.8. The predicted molar refractivity (Wildman–Crippen MR) is 132 cm³/mol. The fraction of sp³-hybridized carbons (Fsp3) is 0.500. The Labute approximate surface area is 197 Å². The van der Waals surface area contributed by atoms with Crippen molar-refractivity contribution < 1.29 is 14.3 Å². The highest BCUT2D eigenvalue weighted by Gasteiger charge is 2.40. The number of likely N-dealkylation sites (tertiary alicyclic amines) is 1. The molecule has 0 saturated carbocycles. The molecular weight excluding hydrogens is 412 g/mol. The van der Waals surface area contributed by atoms with E-state index in [1.165, 1.54) is 5.56 Å². The summed E-state index contributed by atoms with van der Waals surface area (Å²) in [5.74, 6) is 0.147. The number of methoxy groups -OCH3 is 1. The first kappa shape index (κ1) is 23.5. The second-order valence-electron chi connectivity index (χ2n) is 11.4. The maximum Gasteiger partial charge on any atom is 0.254 e. The van der Waals surface area contributed by atoms with Crippen molar-refractivity contribution in [2.24, 2.45) is 0 Å². The minimum atomic E-state index is -0.111. The molecule has 0 bridgehead atoms. The van der Waals surface area contributed by atoms with Gasteiger partial charge >= 0.3 is 0 Å². The Hall–Kier alpha value is -2.66. The third kappa shape index (κ3) is 4.56. The molecule has 2 fully saturated rings. The second kappa shape index (κ2) is 8.28.